The molecule has 0 aliphatic rings. The number of hydrogen-bond acceptors (Lipinski definition) is 1. The molecule has 0 aliphatic carbocycles. The molecule has 0 unspecified atom stereocenters. The Morgan fingerprint density at radius 3 is 2.22 bits per heavy atom. The fourth-order valence-corrected chi connectivity index (χ4v) is 2.48. The third-order valence-electron chi connectivity index (χ3n) is 3.37. The Labute approximate surface area is 110 Å². The summed E-state index contributed by atoms with van der Waals surface area (Å²) in [6.07, 6.45) is 2.26. The summed E-state index contributed by atoms with van der Waals surface area (Å²) in [4.78, 5) is 2.23. The van der Waals surface area contributed by atoms with E-state index in [9.17, 15) is 0 Å². The van der Waals surface area contributed by atoms with Crippen molar-refractivity contribution in [2.24, 2.45) is 7.05 Å². The van der Waals surface area contributed by atoms with Gasteiger partial charge in [0.25, 0.3) is 0 Å². The van der Waals surface area contributed by atoms with Crippen molar-refractivity contribution in [2.45, 2.75) is 26.2 Å². The normalized spacial score (nSPS) is 11.9. The van der Waals surface area contributed by atoms with Crippen LogP contribution in [0.1, 0.15) is 26.3 Å². The van der Waals surface area contributed by atoms with Crippen molar-refractivity contribution in [1.29, 1.82) is 0 Å². The number of pyridine rings is 1. The van der Waals surface area contributed by atoms with Crippen LogP contribution in [0.2, 0.25) is 0 Å². The molecule has 0 atom stereocenters. The molecule has 0 N–H and O–H groups in total. The lowest BCUT2D eigenvalue weighted by Crippen LogP contribution is -2.33. The zero-order valence-corrected chi connectivity index (χ0v) is 12.3. The first-order valence-corrected chi connectivity index (χ1v) is 6.41. The molecular weight excluding hydrogens is 220 g/mol. The Balaban J connectivity index is 2.92. The Morgan fingerprint density at radius 2 is 1.67 bits per heavy atom. The first-order chi connectivity index (χ1) is 8.32. The van der Waals surface area contributed by atoms with Crippen LogP contribution in [0, 0.1) is 0 Å². The van der Waals surface area contributed by atoms with Crippen LogP contribution in [0.15, 0.2) is 30.5 Å². The molecule has 2 heteroatoms. The van der Waals surface area contributed by atoms with E-state index in [4.69, 9.17) is 0 Å². The van der Waals surface area contributed by atoms with Gasteiger partial charge >= 0.3 is 0 Å². The highest BCUT2D eigenvalue weighted by Gasteiger charge is 2.25. The molecule has 1 aromatic carbocycles. The van der Waals surface area contributed by atoms with E-state index in [-0.39, 0.29) is 5.41 Å². The summed E-state index contributed by atoms with van der Waals surface area (Å²) < 4.78 is 2.23. The highest BCUT2D eigenvalue weighted by atomic mass is 15.1. The van der Waals surface area contributed by atoms with Gasteiger partial charge in [0, 0.05) is 25.7 Å². The van der Waals surface area contributed by atoms with E-state index in [1.54, 1.807) is 0 Å². The molecule has 1 aromatic heterocycles. The SMILES string of the molecule is CN(C)c1c(C(C)(C)C)c[n+](C)c2ccccc12. The van der Waals surface area contributed by atoms with Gasteiger partial charge in [0.05, 0.1) is 11.1 Å². The van der Waals surface area contributed by atoms with Crippen LogP contribution >= 0.6 is 0 Å². The zero-order chi connectivity index (χ0) is 13.5. The summed E-state index contributed by atoms with van der Waals surface area (Å²) in [7, 11) is 6.37. The molecule has 0 saturated carbocycles. The van der Waals surface area contributed by atoms with Gasteiger partial charge in [0.15, 0.2) is 6.20 Å². The van der Waals surface area contributed by atoms with Gasteiger partial charge < -0.3 is 4.90 Å². The second-order valence-corrected chi connectivity index (χ2v) is 6.16. The van der Waals surface area contributed by atoms with Crippen LogP contribution in [0.5, 0.6) is 0 Å². The minimum Gasteiger partial charge on any atom is -0.377 e. The number of rotatable bonds is 1. The van der Waals surface area contributed by atoms with Crippen molar-refractivity contribution in [2.75, 3.05) is 19.0 Å². The Hall–Kier alpha value is -1.57. The summed E-state index contributed by atoms with van der Waals surface area (Å²) >= 11 is 0. The summed E-state index contributed by atoms with van der Waals surface area (Å²) in [5.74, 6) is 0. The predicted octanol–water partition coefficient (Wildman–Crippen LogP) is 3.03. The van der Waals surface area contributed by atoms with Crippen molar-refractivity contribution in [3.63, 3.8) is 0 Å². The lowest BCUT2D eigenvalue weighted by atomic mass is 9.85. The molecule has 0 saturated heterocycles. The van der Waals surface area contributed by atoms with E-state index < -0.39 is 0 Å². The zero-order valence-electron chi connectivity index (χ0n) is 12.3. The van der Waals surface area contributed by atoms with Crippen LogP contribution in [-0.2, 0) is 12.5 Å². The van der Waals surface area contributed by atoms with Gasteiger partial charge in [-0.25, -0.2) is 4.57 Å². The number of para-hydroxylation sites is 1. The molecule has 2 nitrogen and oxygen atoms in total. The quantitative estimate of drug-likeness (QED) is 0.698. The first-order valence-electron chi connectivity index (χ1n) is 6.41. The van der Waals surface area contributed by atoms with Gasteiger partial charge in [-0.05, 0) is 11.5 Å². The lowest BCUT2D eigenvalue weighted by molar-refractivity contribution is -0.645. The molecule has 18 heavy (non-hydrogen) atoms. The van der Waals surface area contributed by atoms with E-state index in [1.807, 2.05) is 0 Å². The molecule has 1 heterocycles. The maximum Gasteiger partial charge on any atom is 0.214 e. The number of hydrogen-bond donors (Lipinski definition) is 0. The monoisotopic (exact) mass is 243 g/mol. The fraction of sp³-hybridized carbons (Fsp3) is 0.438. The van der Waals surface area contributed by atoms with Gasteiger partial charge in [-0.2, -0.15) is 0 Å². The van der Waals surface area contributed by atoms with Gasteiger partial charge in [-0.15, -0.1) is 0 Å². The van der Waals surface area contributed by atoms with Crippen molar-refractivity contribution in [1.82, 2.24) is 0 Å². The molecule has 96 valence electrons. The van der Waals surface area contributed by atoms with Gasteiger partial charge in [0.1, 0.15) is 7.05 Å². The van der Waals surface area contributed by atoms with Crippen LogP contribution in [0.4, 0.5) is 5.69 Å². The number of nitrogens with zero attached hydrogens (tertiary/aromatic N) is 2. The minimum absolute atomic E-state index is 0.140. The third kappa shape index (κ3) is 2.07. The molecule has 0 radical (unpaired) electrons. The van der Waals surface area contributed by atoms with Gasteiger partial charge in [-0.3, -0.25) is 0 Å². The largest absolute Gasteiger partial charge is 0.377 e. The number of benzene rings is 1. The topological polar surface area (TPSA) is 7.12 Å². The van der Waals surface area contributed by atoms with Crippen LogP contribution in [0.25, 0.3) is 10.9 Å². The second kappa shape index (κ2) is 4.27. The van der Waals surface area contributed by atoms with Crippen LogP contribution < -0.4 is 9.47 Å². The predicted molar refractivity (Wildman–Crippen MR) is 78.2 cm³/mol. The fourth-order valence-electron chi connectivity index (χ4n) is 2.48. The highest BCUT2D eigenvalue weighted by molar-refractivity contribution is 5.91. The molecule has 2 rings (SSSR count). The Bertz CT molecular complexity index is 577. The van der Waals surface area contributed by atoms with Gasteiger partial charge in [-0.1, -0.05) is 32.9 Å². The van der Waals surface area contributed by atoms with E-state index in [1.165, 1.54) is 22.2 Å². The Kier molecular flexibility index (Phi) is 3.05. The van der Waals surface area contributed by atoms with Crippen molar-refractivity contribution < 1.29 is 4.57 Å². The number of aromatic nitrogens is 1. The molecular formula is C16H23N2+. The summed E-state index contributed by atoms with van der Waals surface area (Å²) in [6.45, 7) is 6.80. The molecule has 0 aliphatic heterocycles. The van der Waals surface area contributed by atoms with Crippen LogP contribution in [-0.4, -0.2) is 14.1 Å². The van der Waals surface area contributed by atoms with E-state index >= 15 is 0 Å². The van der Waals surface area contributed by atoms with Crippen molar-refractivity contribution >= 4 is 16.6 Å². The second-order valence-electron chi connectivity index (χ2n) is 6.16. The average molecular weight is 243 g/mol. The smallest absolute Gasteiger partial charge is 0.214 e. The highest BCUT2D eigenvalue weighted by Crippen LogP contribution is 2.34. The number of anilines is 1. The maximum absolute atomic E-state index is 2.27. The maximum atomic E-state index is 2.27. The van der Waals surface area contributed by atoms with E-state index in [0.717, 1.165) is 0 Å². The van der Waals surface area contributed by atoms with Crippen molar-refractivity contribution in [3.8, 4) is 0 Å². The third-order valence-corrected chi connectivity index (χ3v) is 3.37. The minimum atomic E-state index is 0.140. The van der Waals surface area contributed by atoms with E-state index in [0.29, 0.717) is 0 Å². The summed E-state index contributed by atoms with van der Waals surface area (Å²) in [5.41, 5.74) is 4.13. The van der Waals surface area contributed by atoms with Gasteiger partial charge in [0.2, 0.25) is 5.52 Å². The molecule has 0 amide bonds. The van der Waals surface area contributed by atoms with Crippen molar-refractivity contribution in [3.05, 3.63) is 36.0 Å². The van der Waals surface area contributed by atoms with Crippen LogP contribution in [0.3, 0.4) is 0 Å². The average Bonchev–Trinajstić information content (AvgIpc) is 2.27. The molecule has 2 aromatic rings. The molecule has 0 fully saturated rings. The standard InChI is InChI=1S/C16H23N2/c1-16(2,3)13-11-18(6)14-10-8-7-9-12(14)15(13)17(4)5/h7-11H,1-6H3/q+1. The number of fused-ring (bicyclic) bond motifs is 1. The summed E-state index contributed by atoms with van der Waals surface area (Å²) in [6, 6.07) is 8.59. The number of aryl methyl sites for hydroxylation is 1. The van der Waals surface area contributed by atoms with E-state index in [2.05, 4.69) is 81.8 Å². The summed E-state index contributed by atoms with van der Waals surface area (Å²) in [5, 5.41) is 1.32. The Morgan fingerprint density at radius 1 is 1.06 bits per heavy atom. The lowest BCUT2D eigenvalue weighted by Gasteiger charge is -2.26. The molecule has 0 bridgehead atoms. The molecule has 0 spiro atoms. The first kappa shape index (κ1) is 12.9.